The zero-order valence-electron chi connectivity index (χ0n) is 14.1. The second-order valence-electron chi connectivity index (χ2n) is 6.62. The molecule has 0 amide bonds. The van der Waals surface area contributed by atoms with Crippen LogP contribution in [0.2, 0.25) is 0 Å². The maximum Gasteiger partial charge on any atom is 0.225 e. The molecular formula is C19H26N4. The molecule has 1 saturated heterocycles. The van der Waals surface area contributed by atoms with E-state index < -0.39 is 0 Å². The lowest BCUT2D eigenvalue weighted by Crippen LogP contribution is -2.30. The summed E-state index contributed by atoms with van der Waals surface area (Å²) in [7, 11) is 0. The van der Waals surface area contributed by atoms with Crippen molar-refractivity contribution in [2.75, 3.05) is 29.9 Å². The van der Waals surface area contributed by atoms with Crippen LogP contribution in [0.3, 0.4) is 0 Å². The molecular weight excluding hydrogens is 284 g/mol. The standard InChI is InChI=1S/C19H26N4/c1-15(2)14-20-19-21-17(16-9-5-3-6-10-16)13-18(22-19)23-11-7-4-8-12-23/h3,5-6,9-10,13,15H,4,7-8,11-12,14H2,1-2H3,(H,20,21,22). The van der Waals surface area contributed by atoms with E-state index in [1.807, 2.05) is 6.07 Å². The van der Waals surface area contributed by atoms with Gasteiger partial charge in [-0.05, 0) is 25.2 Å². The first-order valence-corrected chi connectivity index (χ1v) is 8.66. The summed E-state index contributed by atoms with van der Waals surface area (Å²) in [6.07, 6.45) is 3.82. The van der Waals surface area contributed by atoms with Gasteiger partial charge in [0.1, 0.15) is 5.82 Å². The van der Waals surface area contributed by atoms with Crippen LogP contribution in [-0.2, 0) is 0 Å². The van der Waals surface area contributed by atoms with E-state index in [2.05, 4.69) is 54.4 Å². The van der Waals surface area contributed by atoms with E-state index >= 15 is 0 Å². The van der Waals surface area contributed by atoms with Crippen molar-refractivity contribution in [1.29, 1.82) is 0 Å². The molecule has 0 bridgehead atoms. The van der Waals surface area contributed by atoms with Crippen LogP contribution in [0.5, 0.6) is 0 Å². The molecule has 1 aliphatic rings. The lowest BCUT2D eigenvalue weighted by molar-refractivity contribution is 0.573. The van der Waals surface area contributed by atoms with Crippen LogP contribution >= 0.6 is 0 Å². The van der Waals surface area contributed by atoms with Crippen molar-refractivity contribution in [3.05, 3.63) is 36.4 Å². The lowest BCUT2D eigenvalue weighted by atomic mass is 10.1. The monoisotopic (exact) mass is 310 g/mol. The van der Waals surface area contributed by atoms with E-state index in [4.69, 9.17) is 9.97 Å². The lowest BCUT2D eigenvalue weighted by Gasteiger charge is -2.28. The average molecular weight is 310 g/mol. The quantitative estimate of drug-likeness (QED) is 0.898. The predicted octanol–water partition coefficient (Wildman–Crippen LogP) is 4.20. The van der Waals surface area contributed by atoms with Crippen LogP contribution in [0.15, 0.2) is 36.4 Å². The number of rotatable bonds is 5. The highest BCUT2D eigenvalue weighted by Gasteiger charge is 2.15. The van der Waals surface area contributed by atoms with Gasteiger partial charge in [-0.1, -0.05) is 44.2 Å². The first-order valence-electron chi connectivity index (χ1n) is 8.66. The molecule has 1 N–H and O–H groups in total. The Morgan fingerprint density at radius 1 is 1.04 bits per heavy atom. The highest BCUT2D eigenvalue weighted by atomic mass is 15.2. The van der Waals surface area contributed by atoms with Crippen molar-refractivity contribution in [3.63, 3.8) is 0 Å². The van der Waals surface area contributed by atoms with Gasteiger partial charge in [0, 0.05) is 31.3 Å². The Bertz CT molecular complexity index is 619. The number of hydrogen-bond donors (Lipinski definition) is 1. The van der Waals surface area contributed by atoms with Crippen molar-refractivity contribution in [3.8, 4) is 11.3 Å². The van der Waals surface area contributed by atoms with Crippen molar-refractivity contribution >= 4 is 11.8 Å². The largest absolute Gasteiger partial charge is 0.356 e. The molecule has 2 aromatic rings. The number of piperidine rings is 1. The molecule has 1 aromatic carbocycles. The molecule has 122 valence electrons. The summed E-state index contributed by atoms with van der Waals surface area (Å²) in [5.41, 5.74) is 2.13. The summed E-state index contributed by atoms with van der Waals surface area (Å²) in [5.74, 6) is 2.35. The Kier molecular flexibility index (Phi) is 5.11. The zero-order chi connectivity index (χ0) is 16.1. The van der Waals surface area contributed by atoms with E-state index in [1.165, 1.54) is 19.3 Å². The van der Waals surface area contributed by atoms with E-state index in [9.17, 15) is 0 Å². The minimum absolute atomic E-state index is 0.567. The molecule has 1 aliphatic heterocycles. The van der Waals surface area contributed by atoms with Crippen LogP contribution in [0, 0.1) is 5.92 Å². The number of anilines is 2. The third-order valence-corrected chi connectivity index (χ3v) is 4.13. The maximum atomic E-state index is 4.76. The topological polar surface area (TPSA) is 41.1 Å². The Balaban J connectivity index is 1.92. The van der Waals surface area contributed by atoms with Gasteiger partial charge in [-0.25, -0.2) is 4.98 Å². The van der Waals surface area contributed by atoms with Gasteiger partial charge in [-0.15, -0.1) is 0 Å². The van der Waals surface area contributed by atoms with Crippen molar-refractivity contribution < 1.29 is 0 Å². The molecule has 0 spiro atoms. The summed E-state index contributed by atoms with van der Waals surface area (Å²) < 4.78 is 0. The number of nitrogens with one attached hydrogen (secondary N) is 1. The fourth-order valence-corrected chi connectivity index (χ4v) is 2.85. The van der Waals surface area contributed by atoms with Crippen LogP contribution in [0.4, 0.5) is 11.8 Å². The molecule has 0 radical (unpaired) electrons. The van der Waals surface area contributed by atoms with Gasteiger partial charge in [-0.2, -0.15) is 4.98 Å². The summed E-state index contributed by atoms with van der Waals surface area (Å²) in [4.78, 5) is 11.9. The van der Waals surface area contributed by atoms with Crippen molar-refractivity contribution in [2.45, 2.75) is 33.1 Å². The minimum atomic E-state index is 0.567. The van der Waals surface area contributed by atoms with E-state index in [0.29, 0.717) is 5.92 Å². The average Bonchev–Trinajstić information content (AvgIpc) is 2.61. The molecule has 0 saturated carbocycles. The fourth-order valence-electron chi connectivity index (χ4n) is 2.85. The van der Waals surface area contributed by atoms with E-state index in [0.717, 1.165) is 42.7 Å². The molecule has 0 aliphatic carbocycles. The molecule has 4 heteroatoms. The van der Waals surface area contributed by atoms with Gasteiger partial charge in [0.05, 0.1) is 5.69 Å². The summed E-state index contributed by atoms with van der Waals surface area (Å²) in [6, 6.07) is 12.5. The Hall–Kier alpha value is -2.10. The number of hydrogen-bond acceptors (Lipinski definition) is 4. The van der Waals surface area contributed by atoms with Crippen LogP contribution < -0.4 is 10.2 Å². The number of nitrogens with zero attached hydrogens (tertiary/aromatic N) is 3. The molecule has 23 heavy (non-hydrogen) atoms. The molecule has 0 atom stereocenters. The molecule has 3 rings (SSSR count). The van der Waals surface area contributed by atoms with Crippen molar-refractivity contribution in [1.82, 2.24) is 9.97 Å². The number of aromatic nitrogens is 2. The second-order valence-corrected chi connectivity index (χ2v) is 6.62. The van der Waals surface area contributed by atoms with Crippen LogP contribution in [-0.4, -0.2) is 29.6 Å². The summed E-state index contributed by atoms with van der Waals surface area (Å²) >= 11 is 0. The Morgan fingerprint density at radius 2 is 1.78 bits per heavy atom. The third-order valence-electron chi connectivity index (χ3n) is 4.13. The van der Waals surface area contributed by atoms with Gasteiger partial charge >= 0.3 is 0 Å². The first kappa shape index (κ1) is 15.8. The Morgan fingerprint density at radius 3 is 2.48 bits per heavy atom. The maximum absolute atomic E-state index is 4.76. The molecule has 2 heterocycles. The molecule has 4 nitrogen and oxygen atoms in total. The normalized spacial score (nSPS) is 15.0. The minimum Gasteiger partial charge on any atom is -0.356 e. The predicted molar refractivity (Wildman–Crippen MR) is 96.9 cm³/mol. The molecule has 1 aromatic heterocycles. The summed E-state index contributed by atoms with van der Waals surface area (Å²) in [6.45, 7) is 7.46. The Labute approximate surface area is 139 Å². The molecule has 1 fully saturated rings. The van der Waals surface area contributed by atoms with Gasteiger partial charge in [0.25, 0.3) is 0 Å². The van der Waals surface area contributed by atoms with Crippen LogP contribution in [0.25, 0.3) is 11.3 Å². The zero-order valence-corrected chi connectivity index (χ0v) is 14.1. The van der Waals surface area contributed by atoms with Gasteiger partial charge < -0.3 is 10.2 Å². The highest BCUT2D eigenvalue weighted by Crippen LogP contribution is 2.25. The summed E-state index contributed by atoms with van der Waals surface area (Å²) in [5, 5.41) is 3.38. The van der Waals surface area contributed by atoms with Gasteiger partial charge in [0.2, 0.25) is 5.95 Å². The van der Waals surface area contributed by atoms with E-state index in [1.54, 1.807) is 0 Å². The second kappa shape index (κ2) is 7.44. The van der Waals surface area contributed by atoms with E-state index in [-0.39, 0.29) is 0 Å². The third kappa shape index (κ3) is 4.21. The fraction of sp³-hybridized carbons (Fsp3) is 0.474. The van der Waals surface area contributed by atoms with Crippen molar-refractivity contribution in [2.24, 2.45) is 5.92 Å². The van der Waals surface area contributed by atoms with Crippen LogP contribution in [0.1, 0.15) is 33.1 Å². The SMILES string of the molecule is CC(C)CNc1nc(-c2ccccc2)cc(N2CCCCC2)n1. The van der Waals surface area contributed by atoms with Gasteiger partial charge in [0.15, 0.2) is 0 Å². The molecule has 0 unspecified atom stereocenters. The smallest absolute Gasteiger partial charge is 0.225 e. The first-order chi connectivity index (χ1) is 11.2. The highest BCUT2D eigenvalue weighted by molar-refractivity contribution is 5.64. The number of benzene rings is 1. The van der Waals surface area contributed by atoms with Gasteiger partial charge in [-0.3, -0.25) is 0 Å².